The van der Waals surface area contributed by atoms with E-state index in [0.29, 0.717) is 53.7 Å². The second-order valence-electron chi connectivity index (χ2n) is 7.13. The topological polar surface area (TPSA) is 74.0 Å². The fourth-order valence-corrected chi connectivity index (χ4v) is 3.40. The average Bonchev–Trinajstić information content (AvgIpc) is 2.72. The lowest BCUT2D eigenvalue weighted by atomic mass is 9.96. The molecule has 0 fully saturated rings. The van der Waals surface area contributed by atoms with Crippen LogP contribution >= 0.6 is 0 Å². The zero-order chi connectivity index (χ0) is 21.0. The molecule has 0 bridgehead atoms. The normalized spacial score (nSPS) is 13.2. The van der Waals surface area contributed by atoms with Gasteiger partial charge in [-0.1, -0.05) is 13.3 Å². The smallest absolute Gasteiger partial charge is 0.204 e. The summed E-state index contributed by atoms with van der Waals surface area (Å²) in [5, 5.41) is 0. The fourth-order valence-electron chi connectivity index (χ4n) is 3.40. The molecule has 1 aliphatic heterocycles. The predicted molar refractivity (Wildman–Crippen MR) is 116 cm³/mol. The number of fused-ring (bicyclic) bond motifs is 1. The largest absolute Gasteiger partial charge is 0.492 e. The van der Waals surface area contributed by atoms with Crippen molar-refractivity contribution in [3.8, 4) is 17.2 Å². The number of ketones is 1. The molecule has 3 rings (SSSR count). The van der Waals surface area contributed by atoms with Gasteiger partial charge in [-0.05, 0) is 42.8 Å². The third-order valence-electron chi connectivity index (χ3n) is 4.81. The highest BCUT2D eigenvalue weighted by molar-refractivity contribution is 6.12. The number of anilines is 2. The van der Waals surface area contributed by atoms with E-state index in [2.05, 4.69) is 6.92 Å². The summed E-state index contributed by atoms with van der Waals surface area (Å²) in [6.07, 6.45) is 3.38. The van der Waals surface area contributed by atoms with Crippen LogP contribution in [0.25, 0.3) is 6.08 Å². The number of nitrogens with zero attached hydrogens (tertiary/aromatic N) is 1. The Hall–Kier alpha value is -3.15. The van der Waals surface area contributed by atoms with E-state index < -0.39 is 0 Å². The number of allylic oxidation sites excluding steroid dienone is 1. The highest BCUT2D eigenvalue weighted by Crippen LogP contribution is 2.42. The maximum Gasteiger partial charge on any atom is 0.204 e. The van der Waals surface area contributed by atoms with E-state index in [4.69, 9.17) is 19.9 Å². The Bertz CT molecular complexity index is 935. The summed E-state index contributed by atoms with van der Waals surface area (Å²) < 4.78 is 17.0. The summed E-state index contributed by atoms with van der Waals surface area (Å²) >= 11 is 0. The minimum absolute atomic E-state index is 0.0214. The molecule has 2 N–H and O–H groups in total. The molecule has 2 aromatic carbocycles. The number of nitrogens with two attached hydrogens (primary N) is 1. The van der Waals surface area contributed by atoms with E-state index in [1.807, 2.05) is 43.3 Å². The number of Topliss-reactive ketones (excluding diaryl/α,β-unsaturated/α-hetero) is 1. The van der Waals surface area contributed by atoms with Crippen LogP contribution < -0.4 is 24.8 Å². The van der Waals surface area contributed by atoms with Crippen molar-refractivity contribution in [3.63, 3.8) is 0 Å². The zero-order valence-electron chi connectivity index (χ0n) is 17.5. The highest BCUT2D eigenvalue weighted by Gasteiger charge is 2.21. The van der Waals surface area contributed by atoms with Gasteiger partial charge in [-0.2, -0.15) is 0 Å². The van der Waals surface area contributed by atoms with Crippen molar-refractivity contribution in [2.45, 2.75) is 19.8 Å². The Morgan fingerprint density at radius 2 is 1.97 bits per heavy atom. The number of methoxy groups -OCH3 is 1. The number of carbonyl (C=O) groups excluding carboxylic acids is 1. The predicted octanol–water partition coefficient (Wildman–Crippen LogP) is 4.18. The first-order chi connectivity index (χ1) is 14.0. The molecule has 0 spiro atoms. The molecule has 0 radical (unpaired) electrons. The quantitative estimate of drug-likeness (QED) is 0.430. The van der Waals surface area contributed by atoms with E-state index in [1.165, 1.54) is 0 Å². The standard InChI is InChI=1S/C23H28N2O4/c1-5-6-15(21(26)16-7-9-18(24)19(14-16)25(2)3)13-17-8-10-20-23(22(17)27-4)29-12-11-28-20/h7-10,13-14H,5-6,11-12,24H2,1-4H3. The van der Waals surface area contributed by atoms with Crippen LogP contribution in [0.1, 0.15) is 35.7 Å². The van der Waals surface area contributed by atoms with Gasteiger partial charge in [0.05, 0.1) is 18.5 Å². The van der Waals surface area contributed by atoms with Crippen molar-refractivity contribution >= 4 is 23.2 Å². The van der Waals surface area contributed by atoms with Gasteiger partial charge in [-0.3, -0.25) is 4.79 Å². The summed E-state index contributed by atoms with van der Waals surface area (Å²) in [5.74, 6) is 1.79. The second-order valence-corrected chi connectivity index (χ2v) is 7.13. The third kappa shape index (κ3) is 4.31. The van der Waals surface area contributed by atoms with Gasteiger partial charge in [0.25, 0.3) is 0 Å². The van der Waals surface area contributed by atoms with Crippen molar-refractivity contribution in [1.82, 2.24) is 0 Å². The minimum Gasteiger partial charge on any atom is -0.492 e. The summed E-state index contributed by atoms with van der Waals surface area (Å²) in [4.78, 5) is 15.2. The number of hydrogen-bond acceptors (Lipinski definition) is 6. The Kier molecular flexibility index (Phi) is 6.32. The first-order valence-corrected chi connectivity index (χ1v) is 9.75. The molecule has 0 unspecified atom stereocenters. The molecule has 1 aliphatic rings. The Balaban J connectivity index is 2.03. The third-order valence-corrected chi connectivity index (χ3v) is 4.81. The molecule has 29 heavy (non-hydrogen) atoms. The lowest BCUT2D eigenvalue weighted by Gasteiger charge is -2.21. The number of hydrogen-bond donors (Lipinski definition) is 1. The van der Waals surface area contributed by atoms with E-state index in [0.717, 1.165) is 17.7 Å². The number of benzene rings is 2. The van der Waals surface area contributed by atoms with E-state index in [-0.39, 0.29) is 5.78 Å². The van der Waals surface area contributed by atoms with Crippen molar-refractivity contribution in [2.75, 3.05) is 45.1 Å². The van der Waals surface area contributed by atoms with Crippen LogP contribution in [0.3, 0.4) is 0 Å². The summed E-state index contributed by atoms with van der Waals surface area (Å²) in [6, 6.07) is 9.13. The van der Waals surface area contributed by atoms with Crippen molar-refractivity contribution in [1.29, 1.82) is 0 Å². The van der Waals surface area contributed by atoms with Gasteiger partial charge in [0.1, 0.15) is 13.2 Å². The molecule has 6 heteroatoms. The monoisotopic (exact) mass is 396 g/mol. The minimum atomic E-state index is -0.0214. The van der Waals surface area contributed by atoms with Crippen molar-refractivity contribution in [2.24, 2.45) is 0 Å². The summed E-state index contributed by atoms with van der Waals surface area (Å²) in [5.41, 5.74) is 9.61. The van der Waals surface area contributed by atoms with Crippen LogP contribution in [0.4, 0.5) is 11.4 Å². The van der Waals surface area contributed by atoms with E-state index in [1.54, 1.807) is 19.2 Å². The van der Waals surface area contributed by atoms with Crippen LogP contribution in [0.2, 0.25) is 0 Å². The van der Waals surface area contributed by atoms with Gasteiger partial charge in [0.15, 0.2) is 17.3 Å². The zero-order valence-corrected chi connectivity index (χ0v) is 17.5. The number of ether oxygens (including phenoxy) is 3. The van der Waals surface area contributed by atoms with Crippen LogP contribution in [0.5, 0.6) is 17.2 Å². The number of nitrogen functional groups attached to an aromatic ring is 1. The lowest BCUT2D eigenvalue weighted by Crippen LogP contribution is -2.16. The van der Waals surface area contributed by atoms with Crippen molar-refractivity contribution < 1.29 is 19.0 Å². The molecule has 154 valence electrons. The first kappa shape index (κ1) is 20.6. The molecular weight excluding hydrogens is 368 g/mol. The van der Waals surface area contributed by atoms with Crippen LogP contribution in [-0.4, -0.2) is 40.2 Å². The molecule has 0 saturated heterocycles. The van der Waals surface area contributed by atoms with Gasteiger partial charge in [-0.25, -0.2) is 0 Å². The molecule has 0 atom stereocenters. The molecular formula is C23H28N2O4. The molecule has 2 aromatic rings. The molecule has 0 aliphatic carbocycles. The Morgan fingerprint density at radius 1 is 1.21 bits per heavy atom. The summed E-state index contributed by atoms with van der Waals surface area (Å²) in [7, 11) is 5.40. The maximum atomic E-state index is 13.3. The molecule has 1 heterocycles. The van der Waals surface area contributed by atoms with Crippen LogP contribution in [0.15, 0.2) is 35.9 Å². The van der Waals surface area contributed by atoms with Crippen LogP contribution in [-0.2, 0) is 0 Å². The Morgan fingerprint density at radius 3 is 2.66 bits per heavy atom. The van der Waals surface area contributed by atoms with Crippen molar-refractivity contribution in [3.05, 3.63) is 47.0 Å². The Labute approximate surface area is 171 Å². The lowest BCUT2D eigenvalue weighted by molar-refractivity contribution is 0.103. The number of carbonyl (C=O) groups is 1. The molecule has 0 saturated carbocycles. The second kappa shape index (κ2) is 8.90. The van der Waals surface area contributed by atoms with Gasteiger partial charge >= 0.3 is 0 Å². The van der Waals surface area contributed by atoms with Gasteiger partial charge in [-0.15, -0.1) is 0 Å². The molecule has 6 nitrogen and oxygen atoms in total. The highest BCUT2D eigenvalue weighted by atomic mass is 16.6. The molecule has 0 amide bonds. The van der Waals surface area contributed by atoms with Crippen LogP contribution in [0, 0.1) is 0 Å². The fraction of sp³-hybridized carbons (Fsp3) is 0.348. The van der Waals surface area contributed by atoms with Gasteiger partial charge in [0, 0.05) is 30.8 Å². The van der Waals surface area contributed by atoms with E-state index >= 15 is 0 Å². The maximum absolute atomic E-state index is 13.3. The van der Waals surface area contributed by atoms with Gasteiger partial charge in [0.2, 0.25) is 5.75 Å². The number of rotatable bonds is 7. The molecule has 0 aromatic heterocycles. The SMILES string of the molecule is CCCC(=Cc1ccc2c(c1OC)OCCO2)C(=O)c1ccc(N)c(N(C)C)c1. The first-order valence-electron chi connectivity index (χ1n) is 9.75. The summed E-state index contributed by atoms with van der Waals surface area (Å²) in [6.45, 7) is 3.03. The van der Waals surface area contributed by atoms with Gasteiger partial charge < -0.3 is 24.8 Å². The van der Waals surface area contributed by atoms with E-state index in [9.17, 15) is 4.79 Å². The average molecular weight is 396 g/mol.